The molecular weight excluding hydrogens is 420 g/mol. The van der Waals surface area contributed by atoms with Crippen LogP contribution in [0.25, 0.3) is 0 Å². The lowest BCUT2D eigenvalue weighted by molar-refractivity contribution is 0.102. The van der Waals surface area contributed by atoms with Crippen LogP contribution < -0.4 is 20.3 Å². The standard InChI is InChI=1S/C21H24N4O5S/c26-20(24-16-5-7-17(8-6-16)25-12-11-22-21(25)27)15-3-9-19(10-4-15)31(28,29)23-14-18-2-1-13-30-18/h3-10,18,23H,1-2,11-14H2,(H,22,27)(H,24,26). The number of nitrogens with zero attached hydrogens (tertiary/aromatic N) is 1. The number of nitrogens with one attached hydrogen (secondary N) is 3. The van der Waals surface area contributed by atoms with E-state index >= 15 is 0 Å². The predicted octanol–water partition coefficient (Wildman–Crippen LogP) is 1.93. The summed E-state index contributed by atoms with van der Waals surface area (Å²) in [5, 5.41) is 5.51. The minimum absolute atomic E-state index is 0.0916. The molecule has 0 aliphatic carbocycles. The molecule has 1 unspecified atom stereocenters. The van der Waals surface area contributed by atoms with Gasteiger partial charge in [0.25, 0.3) is 5.91 Å². The first-order chi connectivity index (χ1) is 14.9. The van der Waals surface area contributed by atoms with Crippen molar-refractivity contribution in [3.63, 3.8) is 0 Å². The molecule has 2 aliphatic heterocycles. The summed E-state index contributed by atoms with van der Waals surface area (Å²) in [5.41, 5.74) is 1.66. The second-order valence-corrected chi connectivity index (χ2v) is 9.16. The van der Waals surface area contributed by atoms with Crippen molar-refractivity contribution in [2.75, 3.05) is 36.5 Å². The summed E-state index contributed by atoms with van der Waals surface area (Å²) in [6.07, 6.45) is 1.69. The van der Waals surface area contributed by atoms with E-state index in [9.17, 15) is 18.0 Å². The third-order valence-corrected chi connectivity index (χ3v) is 6.68. The number of benzene rings is 2. The zero-order valence-electron chi connectivity index (χ0n) is 16.8. The monoisotopic (exact) mass is 444 g/mol. The van der Waals surface area contributed by atoms with E-state index in [0.717, 1.165) is 18.5 Å². The van der Waals surface area contributed by atoms with Crippen LogP contribution in [0.4, 0.5) is 16.2 Å². The minimum Gasteiger partial charge on any atom is -0.377 e. The van der Waals surface area contributed by atoms with Crippen LogP contribution in [-0.2, 0) is 14.8 Å². The molecule has 2 aromatic rings. The maximum absolute atomic E-state index is 12.5. The van der Waals surface area contributed by atoms with Gasteiger partial charge >= 0.3 is 6.03 Å². The van der Waals surface area contributed by atoms with Crippen molar-refractivity contribution in [1.29, 1.82) is 0 Å². The molecule has 164 valence electrons. The van der Waals surface area contributed by atoms with Crippen molar-refractivity contribution in [1.82, 2.24) is 10.0 Å². The van der Waals surface area contributed by atoms with E-state index in [-0.39, 0.29) is 29.5 Å². The smallest absolute Gasteiger partial charge is 0.321 e. The Kier molecular flexibility index (Phi) is 6.21. The van der Waals surface area contributed by atoms with Crippen LogP contribution in [0.5, 0.6) is 0 Å². The number of carbonyl (C=O) groups is 2. The van der Waals surface area contributed by atoms with Crippen molar-refractivity contribution in [3.05, 3.63) is 54.1 Å². The maximum atomic E-state index is 12.5. The second-order valence-electron chi connectivity index (χ2n) is 7.40. The van der Waals surface area contributed by atoms with Gasteiger partial charge in [0.2, 0.25) is 10.0 Å². The van der Waals surface area contributed by atoms with E-state index < -0.39 is 10.0 Å². The molecule has 3 amide bonds. The van der Waals surface area contributed by atoms with Gasteiger partial charge in [-0.05, 0) is 61.4 Å². The summed E-state index contributed by atoms with van der Waals surface area (Å²) in [4.78, 5) is 25.9. The van der Waals surface area contributed by atoms with E-state index in [0.29, 0.717) is 30.9 Å². The highest BCUT2D eigenvalue weighted by Crippen LogP contribution is 2.20. The zero-order chi connectivity index (χ0) is 21.8. The summed E-state index contributed by atoms with van der Waals surface area (Å²) in [6.45, 7) is 2.10. The lowest BCUT2D eigenvalue weighted by Gasteiger charge is -2.15. The highest BCUT2D eigenvalue weighted by Gasteiger charge is 2.22. The average Bonchev–Trinajstić information content (AvgIpc) is 3.45. The van der Waals surface area contributed by atoms with Crippen molar-refractivity contribution >= 4 is 33.3 Å². The Hall–Kier alpha value is -2.95. The van der Waals surface area contributed by atoms with Crippen LogP contribution in [0, 0.1) is 0 Å². The van der Waals surface area contributed by atoms with E-state index in [1.54, 1.807) is 29.2 Å². The first-order valence-electron chi connectivity index (χ1n) is 10.1. The Morgan fingerprint density at radius 3 is 2.48 bits per heavy atom. The Balaban J connectivity index is 1.36. The van der Waals surface area contributed by atoms with Gasteiger partial charge in [0.05, 0.1) is 11.0 Å². The molecule has 0 bridgehead atoms. The van der Waals surface area contributed by atoms with Gasteiger partial charge in [-0.2, -0.15) is 0 Å². The van der Waals surface area contributed by atoms with Crippen molar-refractivity contribution < 1.29 is 22.7 Å². The molecule has 2 fully saturated rings. The van der Waals surface area contributed by atoms with Gasteiger partial charge in [-0.25, -0.2) is 17.9 Å². The van der Waals surface area contributed by atoms with Crippen LogP contribution >= 0.6 is 0 Å². The summed E-state index contributed by atoms with van der Waals surface area (Å²) in [5.74, 6) is -0.358. The van der Waals surface area contributed by atoms with Crippen LogP contribution in [-0.4, -0.2) is 52.7 Å². The number of rotatable bonds is 7. The molecule has 2 saturated heterocycles. The lowest BCUT2D eigenvalue weighted by Crippen LogP contribution is -2.31. The molecule has 9 nitrogen and oxygen atoms in total. The predicted molar refractivity (Wildman–Crippen MR) is 116 cm³/mol. The average molecular weight is 445 g/mol. The normalized spacial score (nSPS) is 18.8. The first-order valence-corrected chi connectivity index (χ1v) is 11.6. The molecule has 0 spiro atoms. The van der Waals surface area contributed by atoms with Crippen molar-refractivity contribution in [2.24, 2.45) is 0 Å². The number of sulfonamides is 1. The van der Waals surface area contributed by atoms with Gasteiger partial charge in [0.1, 0.15) is 0 Å². The third kappa shape index (κ3) is 5.04. The maximum Gasteiger partial charge on any atom is 0.321 e. The number of carbonyl (C=O) groups excluding carboxylic acids is 2. The SMILES string of the molecule is O=C(Nc1ccc(N2CCNC2=O)cc1)c1ccc(S(=O)(=O)NCC2CCCO2)cc1. The molecular formula is C21H24N4O5S. The van der Waals surface area contributed by atoms with Gasteiger partial charge in [-0.3, -0.25) is 9.69 Å². The lowest BCUT2D eigenvalue weighted by atomic mass is 10.2. The fourth-order valence-corrected chi connectivity index (χ4v) is 4.59. The summed E-state index contributed by atoms with van der Waals surface area (Å²) in [6, 6.07) is 12.6. The quantitative estimate of drug-likeness (QED) is 0.603. The molecule has 10 heteroatoms. The largest absolute Gasteiger partial charge is 0.377 e. The molecule has 0 saturated carbocycles. The van der Waals surface area contributed by atoms with Crippen LogP contribution in [0.2, 0.25) is 0 Å². The third-order valence-electron chi connectivity index (χ3n) is 5.25. The molecule has 2 aromatic carbocycles. The van der Waals surface area contributed by atoms with Crippen LogP contribution in [0.3, 0.4) is 0 Å². The van der Waals surface area contributed by atoms with Crippen LogP contribution in [0.15, 0.2) is 53.4 Å². The molecule has 0 radical (unpaired) electrons. The number of amides is 3. The summed E-state index contributed by atoms with van der Waals surface area (Å²) >= 11 is 0. The molecule has 3 N–H and O–H groups in total. The Bertz CT molecular complexity index is 1050. The van der Waals surface area contributed by atoms with E-state index in [4.69, 9.17) is 4.74 Å². The highest BCUT2D eigenvalue weighted by atomic mass is 32.2. The zero-order valence-corrected chi connectivity index (χ0v) is 17.7. The highest BCUT2D eigenvalue weighted by molar-refractivity contribution is 7.89. The molecule has 4 rings (SSSR count). The Morgan fingerprint density at radius 1 is 1.13 bits per heavy atom. The van der Waals surface area contributed by atoms with E-state index in [1.165, 1.54) is 24.3 Å². The molecule has 2 aliphatic rings. The van der Waals surface area contributed by atoms with Gasteiger partial charge < -0.3 is 15.4 Å². The van der Waals surface area contributed by atoms with Crippen molar-refractivity contribution in [2.45, 2.75) is 23.8 Å². The van der Waals surface area contributed by atoms with Gasteiger partial charge in [0.15, 0.2) is 0 Å². The number of urea groups is 1. The Labute approximate surface area is 180 Å². The van der Waals surface area contributed by atoms with Crippen LogP contribution in [0.1, 0.15) is 23.2 Å². The topological polar surface area (TPSA) is 117 Å². The molecule has 0 aromatic heterocycles. The van der Waals surface area contributed by atoms with E-state index in [1.807, 2.05) is 0 Å². The fraction of sp³-hybridized carbons (Fsp3) is 0.333. The number of ether oxygens (including phenoxy) is 1. The van der Waals surface area contributed by atoms with Gasteiger partial charge in [0, 0.05) is 43.2 Å². The summed E-state index contributed by atoms with van der Waals surface area (Å²) in [7, 11) is -3.67. The number of hydrogen-bond donors (Lipinski definition) is 3. The van der Waals surface area contributed by atoms with Gasteiger partial charge in [-0.15, -0.1) is 0 Å². The number of hydrogen-bond acceptors (Lipinski definition) is 5. The molecule has 2 heterocycles. The van der Waals surface area contributed by atoms with Crippen molar-refractivity contribution in [3.8, 4) is 0 Å². The number of anilines is 2. The summed E-state index contributed by atoms with van der Waals surface area (Å²) < 4.78 is 32.8. The minimum atomic E-state index is -3.67. The fourth-order valence-electron chi connectivity index (χ4n) is 3.52. The molecule has 31 heavy (non-hydrogen) atoms. The Morgan fingerprint density at radius 2 is 1.87 bits per heavy atom. The first kappa shape index (κ1) is 21.3. The second kappa shape index (κ2) is 9.04. The van der Waals surface area contributed by atoms with Gasteiger partial charge in [-0.1, -0.05) is 0 Å². The van der Waals surface area contributed by atoms with E-state index in [2.05, 4.69) is 15.4 Å². The molecule has 1 atom stereocenters.